The van der Waals surface area contributed by atoms with E-state index in [-0.39, 0.29) is 6.17 Å². The molecule has 0 amide bonds. The minimum absolute atomic E-state index is 0.127. The Morgan fingerprint density at radius 1 is 1.31 bits per heavy atom. The van der Waals surface area contributed by atoms with E-state index in [2.05, 4.69) is 30.9 Å². The van der Waals surface area contributed by atoms with Crippen LogP contribution in [0.15, 0.2) is 28.3 Å². The van der Waals surface area contributed by atoms with Crippen molar-refractivity contribution in [3.05, 3.63) is 24.0 Å². The number of rotatable bonds is 2. The third-order valence-electron chi connectivity index (χ3n) is 2.24. The summed E-state index contributed by atoms with van der Waals surface area (Å²) >= 11 is 0. The van der Waals surface area contributed by atoms with Gasteiger partial charge in [-0.1, -0.05) is 0 Å². The molecule has 1 aromatic heterocycles. The average molecular weight is 220 g/mol. The molecule has 86 valence electrons. The van der Waals surface area contributed by atoms with Crippen LogP contribution in [0.3, 0.4) is 0 Å². The predicted octanol–water partition coefficient (Wildman–Crippen LogP) is -0.0151. The van der Waals surface area contributed by atoms with Crippen molar-refractivity contribution in [2.45, 2.75) is 19.6 Å². The first kappa shape index (κ1) is 10.5. The quantitative estimate of drug-likeness (QED) is 0.566. The Balaban J connectivity index is 2.00. The van der Waals surface area contributed by atoms with Gasteiger partial charge in [-0.2, -0.15) is 0 Å². The van der Waals surface area contributed by atoms with Crippen molar-refractivity contribution >= 4 is 11.9 Å². The van der Waals surface area contributed by atoms with Gasteiger partial charge in [-0.3, -0.25) is 10.3 Å². The summed E-state index contributed by atoms with van der Waals surface area (Å²) in [5.41, 5.74) is 1.08. The van der Waals surface area contributed by atoms with Gasteiger partial charge in [0.2, 0.25) is 0 Å². The molecule has 1 aliphatic rings. The zero-order valence-electron chi connectivity index (χ0n) is 9.41. The molecule has 1 aromatic rings. The molecule has 1 saturated heterocycles. The van der Waals surface area contributed by atoms with Crippen LogP contribution in [-0.4, -0.2) is 30.1 Å². The Morgan fingerprint density at radius 2 is 2.12 bits per heavy atom. The van der Waals surface area contributed by atoms with Crippen LogP contribution in [0, 0.1) is 0 Å². The number of guanidine groups is 2. The van der Waals surface area contributed by atoms with Gasteiger partial charge < -0.3 is 15.6 Å². The van der Waals surface area contributed by atoms with Gasteiger partial charge in [0.05, 0.1) is 12.7 Å². The lowest BCUT2D eigenvalue weighted by Crippen LogP contribution is -2.61. The van der Waals surface area contributed by atoms with Crippen LogP contribution >= 0.6 is 0 Å². The summed E-state index contributed by atoms with van der Waals surface area (Å²) in [5.74, 6) is 1.47. The van der Waals surface area contributed by atoms with Crippen molar-refractivity contribution in [1.29, 1.82) is 0 Å². The van der Waals surface area contributed by atoms with Crippen LogP contribution in [0.5, 0.6) is 0 Å². The zero-order valence-corrected chi connectivity index (χ0v) is 9.41. The maximum Gasteiger partial charge on any atom is 0.200 e. The van der Waals surface area contributed by atoms with Crippen LogP contribution in [0.1, 0.15) is 12.6 Å². The lowest BCUT2D eigenvalue weighted by molar-refractivity contribution is 0.584. The standard InChI is InChI=1S/C10H16N6/c1-7-14-9(11-2)16-10(15-7)13-6-8-4-3-5-12-8/h3-5,7,12H,6H2,1-2H3,(H3,11,13,14,15,16). The van der Waals surface area contributed by atoms with Crippen LogP contribution in [0.4, 0.5) is 0 Å². The summed E-state index contributed by atoms with van der Waals surface area (Å²) in [4.78, 5) is 11.6. The summed E-state index contributed by atoms with van der Waals surface area (Å²) in [6.45, 7) is 2.63. The molecule has 0 spiro atoms. The number of nitrogens with one attached hydrogen (secondary N) is 4. The Labute approximate surface area is 94.3 Å². The molecule has 2 rings (SSSR count). The second-order valence-corrected chi connectivity index (χ2v) is 3.57. The number of H-pyrrole nitrogens is 1. The largest absolute Gasteiger partial charge is 0.363 e. The molecule has 2 heterocycles. The Hall–Kier alpha value is -1.98. The van der Waals surface area contributed by atoms with Crippen molar-refractivity contribution in [3.63, 3.8) is 0 Å². The predicted molar refractivity (Wildman–Crippen MR) is 64.2 cm³/mol. The second kappa shape index (κ2) is 4.69. The van der Waals surface area contributed by atoms with Gasteiger partial charge >= 0.3 is 0 Å². The molecule has 0 bridgehead atoms. The molecular weight excluding hydrogens is 204 g/mol. The van der Waals surface area contributed by atoms with E-state index in [9.17, 15) is 0 Å². The fraction of sp³-hybridized carbons (Fsp3) is 0.400. The molecule has 0 aromatic carbocycles. The number of aromatic amines is 1. The molecule has 0 saturated carbocycles. The summed E-state index contributed by atoms with van der Waals surface area (Å²) < 4.78 is 0. The second-order valence-electron chi connectivity index (χ2n) is 3.57. The molecular formula is C10H16N6. The minimum atomic E-state index is 0.127. The van der Waals surface area contributed by atoms with E-state index in [0.717, 1.165) is 17.6 Å². The van der Waals surface area contributed by atoms with Gasteiger partial charge in [0.25, 0.3) is 0 Å². The third-order valence-corrected chi connectivity index (χ3v) is 2.24. The number of aromatic nitrogens is 1. The first-order valence-corrected chi connectivity index (χ1v) is 5.21. The van der Waals surface area contributed by atoms with E-state index in [1.807, 2.05) is 25.3 Å². The highest BCUT2D eigenvalue weighted by Crippen LogP contribution is 1.97. The monoisotopic (exact) mass is 220 g/mol. The van der Waals surface area contributed by atoms with E-state index >= 15 is 0 Å². The maximum atomic E-state index is 4.42. The van der Waals surface area contributed by atoms with Gasteiger partial charge in [0.1, 0.15) is 0 Å². The van der Waals surface area contributed by atoms with Crippen molar-refractivity contribution in [2.24, 2.45) is 9.98 Å². The molecule has 16 heavy (non-hydrogen) atoms. The van der Waals surface area contributed by atoms with E-state index in [1.54, 1.807) is 7.05 Å². The fourth-order valence-electron chi connectivity index (χ4n) is 1.47. The Morgan fingerprint density at radius 3 is 2.81 bits per heavy atom. The number of hydrogen-bond acceptors (Lipinski definition) is 2. The molecule has 0 radical (unpaired) electrons. The molecule has 1 atom stereocenters. The highest BCUT2D eigenvalue weighted by atomic mass is 15.4. The summed E-state index contributed by atoms with van der Waals surface area (Å²) in [6.07, 6.45) is 2.02. The van der Waals surface area contributed by atoms with Crippen molar-refractivity contribution in [3.8, 4) is 0 Å². The Bertz CT molecular complexity index is 391. The molecule has 1 unspecified atom stereocenters. The first-order valence-electron chi connectivity index (χ1n) is 5.21. The highest BCUT2D eigenvalue weighted by molar-refractivity contribution is 6.00. The van der Waals surface area contributed by atoms with Gasteiger partial charge in [-0.15, -0.1) is 0 Å². The van der Waals surface area contributed by atoms with E-state index < -0.39 is 0 Å². The van der Waals surface area contributed by atoms with Gasteiger partial charge in [0, 0.05) is 18.9 Å². The lowest BCUT2D eigenvalue weighted by atomic mass is 10.4. The summed E-state index contributed by atoms with van der Waals surface area (Å²) in [5, 5.41) is 9.36. The SMILES string of the molecule is CN=C1NC(=NCc2ccc[nH]2)NC(C)N1. The lowest BCUT2D eigenvalue weighted by Gasteiger charge is -2.27. The van der Waals surface area contributed by atoms with Crippen molar-refractivity contribution in [2.75, 3.05) is 7.05 Å². The molecule has 6 nitrogen and oxygen atoms in total. The Kier molecular flexibility index (Phi) is 3.09. The molecule has 4 N–H and O–H groups in total. The van der Waals surface area contributed by atoms with Crippen LogP contribution in [0.25, 0.3) is 0 Å². The van der Waals surface area contributed by atoms with Gasteiger partial charge in [-0.25, -0.2) is 4.99 Å². The number of aliphatic imine (C=N–C) groups is 2. The molecule has 6 heteroatoms. The first-order chi connectivity index (χ1) is 7.78. The van der Waals surface area contributed by atoms with E-state index in [1.165, 1.54) is 0 Å². The summed E-state index contributed by atoms with van der Waals surface area (Å²) in [6, 6.07) is 3.96. The van der Waals surface area contributed by atoms with Crippen LogP contribution in [0.2, 0.25) is 0 Å². The molecule has 0 aliphatic carbocycles. The van der Waals surface area contributed by atoms with Crippen LogP contribution < -0.4 is 16.0 Å². The van der Waals surface area contributed by atoms with Crippen molar-refractivity contribution in [1.82, 2.24) is 20.9 Å². The normalized spacial score (nSPS) is 25.0. The maximum absolute atomic E-state index is 4.42. The number of hydrogen-bond donors (Lipinski definition) is 4. The average Bonchev–Trinajstić information content (AvgIpc) is 2.78. The highest BCUT2D eigenvalue weighted by Gasteiger charge is 2.14. The topological polar surface area (TPSA) is 76.6 Å². The smallest absolute Gasteiger partial charge is 0.200 e. The fourth-order valence-corrected chi connectivity index (χ4v) is 1.47. The van der Waals surface area contributed by atoms with E-state index in [4.69, 9.17) is 0 Å². The minimum Gasteiger partial charge on any atom is -0.363 e. The number of nitrogens with zero attached hydrogens (tertiary/aromatic N) is 2. The van der Waals surface area contributed by atoms with Crippen LogP contribution in [-0.2, 0) is 6.54 Å². The van der Waals surface area contributed by atoms with E-state index in [0.29, 0.717) is 6.54 Å². The van der Waals surface area contributed by atoms with Crippen molar-refractivity contribution < 1.29 is 0 Å². The van der Waals surface area contributed by atoms with Gasteiger partial charge in [0.15, 0.2) is 11.9 Å². The van der Waals surface area contributed by atoms with Gasteiger partial charge in [-0.05, 0) is 19.1 Å². The molecule has 1 aliphatic heterocycles. The zero-order chi connectivity index (χ0) is 11.4. The molecule has 1 fully saturated rings. The summed E-state index contributed by atoms with van der Waals surface area (Å²) in [7, 11) is 1.73. The third kappa shape index (κ3) is 2.53.